The molecule has 1 rings (SSSR count). The van der Waals surface area contributed by atoms with Crippen LogP contribution in [-0.2, 0) is 9.47 Å². The predicted molar refractivity (Wildman–Crippen MR) is 44.8 cm³/mol. The van der Waals surface area contributed by atoms with Crippen molar-refractivity contribution in [3.8, 4) is 0 Å². The summed E-state index contributed by atoms with van der Waals surface area (Å²) >= 11 is 0. The quantitative estimate of drug-likeness (QED) is 0.606. The molecule has 0 radical (unpaired) electrons. The third-order valence-corrected chi connectivity index (χ3v) is 2.35. The SMILES string of the molecule is CN[C@@H]1[C@H](C)OC(O)C[C@@H]1OC. The van der Waals surface area contributed by atoms with Crippen LogP contribution >= 0.6 is 0 Å². The third kappa shape index (κ3) is 1.95. The van der Waals surface area contributed by atoms with E-state index in [1.807, 2.05) is 14.0 Å². The van der Waals surface area contributed by atoms with Gasteiger partial charge in [-0.15, -0.1) is 0 Å². The molecule has 2 N–H and O–H groups in total. The molecule has 0 aromatic carbocycles. The largest absolute Gasteiger partial charge is 0.380 e. The molecule has 1 fully saturated rings. The summed E-state index contributed by atoms with van der Waals surface area (Å²) < 4.78 is 10.5. The topological polar surface area (TPSA) is 50.7 Å². The molecule has 1 aliphatic rings. The Balaban J connectivity index is 2.56. The van der Waals surface area contributed by atoms with Gasteiger partial charge in [0, 0.05) is 13.5 Å². The molecule has 0 bridgehead atoms. The summed E-state index contributed by atoms with van der Waals surface area (Å²) in [5, 5.41) is 12.4. The average Bonchev–Trinajstić information content (AvgIpc) is 2.03. The van der Waals surface area contributed by atoms with Crippen molar-refractivity contribution in [1.82, 2.24) is 5.32 Å². The second kappa shape index (κ2) is 4.18. The minimum absolute atomic E-state index is 0.0105. The zero-order valence-electron chi connectivity index (χ0n) is 7.78. The summed E-state index contributed by atoms with van der Waals surface area (Å²) in [4.78, 5) is 0. The number of rotatable bonds is 2. The molecule has 0 saturated carbocycles. The lowest BCUT2D eigenvalue weighted by atomic mass is 10.00. The van der Waals surface area contributed by atoms with E-state index >= 15 is 0 Å². The Kier molecular flexibility index (Phi) is 3.46. The number of nitrogens with one attached hydrogen (secondary N) is 1. The van der Waals surface area contributed by atoms with E-state index in [9.17, 15) is 5.11 Å². The van der Waals surface area contributed by atoms with Crippen LogP contribution in [0.3, 0.4) is 0 Å². The summed E-state index contributed by atoms with van der Waals surface area (Å²) in [6, 6.07) is 0.165. The molecular formula is C8H17NO3. The van der Waals surface area contributed by atoms with Crippen LogP contribution in [0.5, 0.6) is 0 Å². The van der Waals surface area contributed by atoms with Gasteiger partial charge in [0.1, 0.15) is 0 Å². The van der Waals surface area contributed by atoms with Gasteiger partial charge in [0.15, 0.2) is 6.29 Å². The van der Waals surface area contributed by atoms with Crippen LogP contribution in [0.2, 0.25) is 0 Å². The van der Waals surface area contributed by atoms with Crippen LogP contribution in [0, 0.1) is 0 Å². The maximum Gasteiger partial charge on any atom is 0.157 e. The Morgan fingerprint density at radius 1 is 1.58 bits per heavy atom. The van der Waals surface area contributed by atoms with Crippen LogP contribution < -0.4 is 5.32 Å². The molecule has 12 heavy (non-hydrogen) atoms. The van der Waals surface area contributed by atoms with Gasteiger partial charge in [0.2, 0.25) is 0 Å². The Morgan fingerprint density at radius 3 is 2.75 bits per heavy atom. The molecule has 0 amide bonds. The fourth-order valence-corrected chi connectivity index (χ4v) is 1.70. The first-order valence-electron chi connectivity index (χ1n) is 4.22. The van der Waals surface area contributed by atoms with E-state index < -0.39 is 6.29 Å². The highest BCUT2D eigenvalue weighted by atomic mass is 16.6. The monoisotopic (exact) mass is 175 g/mol. The van der Waals surface area contributed by atoms with Gasteiger partial charge < -0.3 is 19.9 Å². The standard InChI is InChI=1S/C8H17NO3/c1-5-8(9-2)6(11-3)4-7(10)12-5/h5-10H,4H2,1-3H3/t5-,6-,7?,8+/m0/s1. The van der Waals surface area contributed by atoms with Gasteiger partial charge in [-0.3, -0.25) is 0 Å². The molecule has 1 unspecified atom stereocenters. The summed E-state index contributed by atoms with van der Waals surface area (Å²) in [6.07, 6.45) is -0.126. The molecule has 0 aromatic heterocycles. The van der Waals surface area contributed by atoms with Gasteiger partial charge in [-0.25, -0.2) is 0 Å². The minimum atomic E-state index is -0.686. The number of hydrogen-bond acceptors (Lipinski definition) is 4. The van der Waals surface area contributed by atoms with Crippen LogP contribution in [0.15, 0.2) is 0 Å². The zero-order chi connectivity index (χ0) is 9.14. The van der Waals surface area contributed by atoms with Gasteiger partial charge in [-0.2, -0.15) is 0 Å². The molecule has 0 spiro atoms. The van der Waals surface area contributed by atoms with Crippen LogP contribution in [0.4, 0.5) is 0 Å². The molecule has 4 nitrogen and oxygen atoms in total. The van der Waals surface area contributed by atoms with Crippen molar-refractivity contribution in [2.45, 2.75) is 37.9 Å². The second-order valence-electron chi connectivity index (χ2n) is 3.12. The van der Waals surface area contributed by atoms with Crippen molar-refractivity contribution in [2.75, 3.05) is 14.2 Å². The van der Waals surface area contributed by atoms with E-state index in [2.05, 4.69) is 5.32 Å². The fraction of sp³-hybridized carbons (Fsp3) is 1.00. The molecule has 1 saturated heterocycles. The Morgan fingerprint density at radius 2 is 2.25 bits per heavy atom. The first-order valence-corrected chi connectivity index (χ1v) is 4.22. The number of likely N-dealkylation sites (N-methyl/N-ethyl adjacent to an activating group) is 1. The van der Waals surface area contributed by atoms with E-state index in [0.29, 0.717) is 6.42 Å². The maximum absolute atomic E-state index is 9.26. The molecular weight excluding hydrogens is 158 g/mol. The Hall–Kier alpha value is -0.160. The molecule has 4 heteroatoms. The minimum Gasteiger partial charge on any atom is -0.380 e. The molecule has 1 heterocycles. The maximum atomic E-state index is 9.26. The lowest BCUT2D eigenvalue weighted by Crippen LogP contribution is -2.54. The van der Waals surface area contributed by atoms with Crippen LogP contribution in [0.1, 0.15) is 13.3 Å². The Labute approximate surface area is 72.9 Å². The average molecular weight is 175 g/mol. The smallest absolute Gasteiger partial charge is 0.157 e. The third-order valence-electron chi connectivity index (χ3n) is 2.35. The number of aliphatic hydroxyl groups is 1. The van der Waals surface area contributed by atoms with Crippen LogP contribution in [-0.4, -0.2) is 43.8 Å². The van der Waals surface area contributed by atoms with Crippen molar-refractivity contribution >= 4 is 0 Å². The van der Waals surface area contributed by atoms with Crippen molar-refractivity contribution < 1.29 is 14.6 Å². The van der Waals surface area contributed by atoms with Gasteiger partial charge in [0.25, 0.3) is 0 Å². The molecule has 0 aromatic rings. The molecule has 0 aliphatic carbocycles. The lowest BCUT2D eigenvalue weighted by molar-refractivity contribution is -0.200. The summed E-state index contributed by atoms with van der Waals surface area (Å²) in [7, 11) is 3.52. The lowest BCUT2D eigenvalue weighted by Gasteiger charge is -2.37. The van der Waals surface area contributed by atoms with Gasteiger partial charge in [-0.1, -0.05) is 0 Å². The highest BCUT2D eigenvalue weighted by Crippen LogP contribution is 2.20. The Bertz CT molecular complexity index is 142. The summed E-state index contributed by atoms with van der Waals surface area (Å²) in [5.74, 6) is 0. The summed E-state index contributed by atoms with van der Waals surface area (Å²) in [6.45, 7) is 1.93. The van der Waals surface area contributed by atoms with E-state index in [0.717, 1.165) is 0 Å². The summed E-state index contributed by atoms with van der Waals surface area (Å²) in [5.41, 5.74) is 0. The first kappa shape index (κ1) is 9.92. The predicted octanol–water partition coefficient (Wildman–Crippen LogP) is -0.283. The second-order valence-corrected chi connectivity index (χ2v) is 3.12. The zero-order valence-corrected chi connectivity index (χ0v) is 7.78. The molecule has 1 aliphatic heterocycles. The number of methoxy groups -OCH3 is 1. The molecule has 72 valence electrons. The number of hydrogen-bond donors (Lipinski definition) is 2. The normalized spacial score (nSPS) is 43.0. The number of aliphatic hydroxyl groups excluding tert-OH is 1. The van der Waals surface area contributed by atoms with E-state index in [1.165, 1.54) is 0 Å². The van der Waals surface area contributed by atoms with Crippen molar-refractivity contribution in [2.24, 2.45) is 0 Å². The van der Waals surface area contributed by atoms with Crippen molar-refractivity contribution in [3.05, 3.63) is 0 Å². The van der Waals surface area contributed by atoms with Gasteiger partial charge >= 0.3 is 0 Å². The van der Waals surface area contributed by atoms with Gasteiger partial charge in [0.05, 0.1) is 18.2 Å². The highest BCUT2D eigenvalue weighted by molar-refractivity contribution is 4.86. The first-order chi connectivity index (χ1) is 5.69. The van der Waals surface area contributed by atoms with Crippen molar-refractivity contribution in [1.29, 1.82) is 0 Å². The number of ether oxygens (including phenoxy) is 2. The van der Waals surface area contributed by atoms with E-state index in [4.69, 9.17) is 9.47 Å². The molecule has 4 atom stereocenters. The van der Waals surface area contributed by atoms with Crippen LogP contribution in [0.25, 0.3) is 0 Å². The van der Waals surface area contributed by atoms with E-state index in [1.54, 1.807) is 7.11 Å². The fourth-order valence-electron chi connectivity index (χ4n) is 1.70. The van der Waals surface area contributed by atoms with E-state index in [-0.39, 0.29) is 18.2 Å². The van der Waals surface area contributed by atoms with Gasteiger partial charge in [-0.05, 0) is 14.0 Å². The highest BCUT2D eigenvalue weighted by Gasteiger charge is 2.34. The van der Waals surface area contributed by atoms with Crippen molar-refractivity contribution in [3.63, 3.8) is 0 Å².